The van der Waals surface area contributed by atoms with Crippen molar-refractivity contribution < 1.29 is 0 Å². The molecule has 2 heterocycles. The van der Waals surface area contributed by atoms with E-state index in [0.29, 0.717) is 0 Å². The molecule has 1 unspecified atom stereocenters. The highest BCUT2D eigenvalue weighted by Crippen LogP contribution is 2.37. The van der Waals surface area contributed by atoms with Crippen molar-refractivity contribution in [1.29, 1.82) is 0 Å². The molecule has 3 nitrogen and oxygen atoms in total. The van der Waals surface area contributed by atoms with E-state index >= 15 is 0 Å². The highest BCUT2D eigenvalue weighted by Gasteiger charge is 2.40. The zero-order valence-corrected chi connectivity index (χ0v) is 11.3. The van der Waals surface area contributed by atoms with Gasteiger partial charge in [0, 0.05) is 24.2 Å². The molecule has 0 aromatic carbocycles. The average molecular weight is 251 g/mol. The Hall–Kier alpha value is -0.450. The van der Waals surface area contributed by atoms with Crippen molar-refractivity contribution in [3.05, 3.63) is 16.6 Å². The number of nitrogens with one attached hydrogen (secondary N) is 1. The van der Waals surface area contributed by atoms with Crippen molar-refractivity contribution >= 4 is 11.3 Å². The molecule has 17 heavy (non-hydrogen) atoms. The summed E-state index contributed by atoms with van der Waals surface area (Å²) < 4.78 is 0. The Morgan fingerprint density at radius 1 is 1.41 bits per heavy atom. The summed E-state index contributed by atoms with van der Waals surface area (Å²) in [5, 5.41) is 7.31. The standard InChI is InChI=1S/C13H21N3S/c1-16-8-2-5-13(6-9-16,15-11-3-4-11)12-14-7-10-17-12/h7,10-11,15H,2-6,8-9H2,1H3. The van der Waals surface area contributed by atoms with E-state index in [1.165, 1.54) is 50.2 Å². The minimum absolute atomic E-state index is 0.167. The van der Waals surface area contributed by atoms with E-state index in [1.54, 1.807) is 0 Å². The summed E-state index contributed by atoms with van der Waals surface area (Å²) >= 11 is 1.82. The first-order valence-electron chi connectivity index (χ1n) is 6.65. The maximum atomic E-state index is 4.60. The van der Waals surface area contributed by atoms with Gasteiger partial charge in [-0.2, -0.15) is 0 Å². The van der Waals surface area contributed by atoms with Crippen LogP contribution in [0.4, 0.5) is 0 Å². The molecule has 0 amide bonds. The van der Waals surface area contributed by atoms with Gasteiger partial charge in [0.1, 0.15) is 5.01 Å². The van der Waals surface area contributed by atoms with Gasteiger partial charge in [-0.25, -0.2) is 4.98 Å². The number of nitrogens with zero attached hydrogens (tertiary/aromatic N) is 2. The molecule has 1 aliphatic heterocycles. The van der Waals surface area contributed by atoms with Gasteiger partial charge < -0.3 is 10.2 Å². The molecule has 1 saturated carbocycles. The summed E-state index contributed by atoms with van der Waals surface area (Å²) in [6, 6.07) is 0.752. The van der Waals surface area contributed by atoms with Crippen LogP contribution in [-0.2, 0) is 5.54 Å². The lowest BCUT2D eigenvalue weighted by atomic mass is 9.91. The van der Waals surface area contributed by atoms with Crippen molar-refractivity contribution in [3.63, 3.8) is 0 Å². The van der Waals surface area contributed by atoms with Gasteiger partial charge in [0.05, 0.1) is 5.54 Å². The lowest BCUT2D eigenvalue weighted by Crippen LogP contribution is -2.44. The quantitative estimate of drug-likeness (QED) is 0.892. The van der Waals surface area contributed by atoms with Gasteiger partial charge in [-0.05, 0) is 45.7 Å². The van der Waals surface area contributed by atoms with Crippen LogP contribution >= 0.6 is 11.3 Å². The first-order chi connectivity index (χ1) is 8.28. The second-order valence-corrected chi connectivity index (χ2v) is 6.39. The smallest absolute Gasteiger partial charge is 0.113 e. The molecule has 0 spiro atoms. The third kappa shape index (κ3) is 2.54. The van der Waals surface area contributed by atoms with E-state index in [0.717, 1.165) is 6.04 Å². The fourth-order valence-corrected chi connectivity index (χ4v) is 3.63. The molecule has 1 aromatic rings. The van der Waals surface area contributed by atoms with Crippen LogP contribution in [0.15, 0.2) is 11.6 Å². The van der Waals surface area contributed by atoms with Crippen LogP contribution in [0.25, 0.3) is 0 Å². The van der Waals surface area contributed by atoms with Crippen molar-refractivity contribution in [3.8, 4) is 0 Å². The van der Waals surface area contributed by atoms with Gasteiger partial charge in [0.15, 0.2) is 0 Å². The second kappa shape index (κ2) is 4.67. The molecule has 1 aliphatic carbocycles. The number of likely N-dealkylation sites (tertiary alicyclic amines) is 1. The maximum absolute atomic E-state index is 4.60. The zero-order chi connectivity index (χ0) is 11.7. The molecule has 3 rings (SSSR count). The van der Waals surface area contributed by atoms with Crippen molar-refractivity contribution in [2.24, 2.45) is 0 Å². The van der Waals surface area contributed by atoms with Gasteiger partial charge in [-0.1, -0.05) is 0 Å². The Bertz CT molecular complexity index is 361. The number of hydrogen-bond acceptors (Lipinski definition) is 4. The summed E-state index contributed by atoms with van der Waals surface area (Å²) in [5.74, 6) is 0. The molecule has 2 aliphatic rings. The van der Waals surface area contributed by atoms with E-state index in [9.17, 15) is 0 Å². The van der Waals surface area contributed by atoms with E-state index in [1.807, 2.05) is 17.5 Å². The number of rotatable bonds is 3. The molecule has 2 fully saturated rings. The van der Waals surface area contributed by atoms with E-state index in [2.05, 4.69) is 27.6 Å². The van der Waals surface area contributed by atoms with Crippen molar-refractivity contribution in [2.45, 2.75) is 43.7 Å². The Morgan fingerprint density at radius 3 is 3.00 bits per heavy atom. The van der Waals surface area contributed by atoms with Crippen LogP contribution in [0.1, 0.15) is 37.1 Å². The highest BCUT2D eigenvalue weighted by molar-refractivity contribution is 7.09. The Balaban J connectivity index is 1.84. The number of hydrogen-bond donors (Lipinski definition) is 1. The zero-order valence-electron chi connectivity index (χ0n) is 10.5. The molecule has 1 N–H and O–H groups in total. The molecule has 0 radical (unpaired) electrons. The lowest BCUT2D eigenvalue weighted by Gasteiger charge is -2.32. The maximum Gasteiger partial charge on any atom is 0.113 e. The average Bonchev–Trinajstić information content (AvgIpc) is 3.00. The van der Waals surface area contributed by atoms with Crippen molar-refractivity contribution in [1.82, 2.24) is 15.2 Å². The Labute approximate surface area is 107 Å². The molecule has 94 valence electrons. The number of aromatic nitrogens is 1. The molecule has 1 atom stereocenters. The Morgan fingerprint density at radius 2 is 2.29 bits per heavy atom. The predicted octanol–water partition coefficient (Wildman–Crippen LogP) is 2.21. The third-order valence-corrected chi connectivity index (χ3v) is 4.94. The van der Waals surface area contributed by atoms with Crippen LogP contribution in [0.2, 0.25) is 0 Å². The summed E-state index contributed by atoms with van der Waals surface area (Å²) in [7, 11) is 2.23. The first kappa shape index (κ1) is 11.6. The molecule has 4 heteroatoms. The van der Waals surface area contributed by atoms with Crippen molar-refractivity contribution in [2.75, 3.05) is 20.1 Å². The van der Waals surface area contributed by atoms with Gasteiger partial charge in [0.25, 0.3) is 0 Å². The SMILES string of the molecule is CN1CCCC(NC2CC2)(c2nccs2)CC1. The summed E-state index contributed by atoms with van der Waals surface area (Å²) in [6.45, 7) is 2.40. The lowest BCUT2D eigenvalue weighted by molar-refractivity contribution is 0.276. The van der Waals surface area contributed by atoms with E-state index in [4.69, 9.17) is 0 Å². The van der Waals surface area contributed by atoms with E-state index in [-0.39, 0.29) is 5.54 Å². The van der Waals surface area contributed by atoms with Gasteiger partial charge in [-0.15, -0.1) is 11.3 Å². The first-order valence-corrected chi connectivity index (χ1v) is 7.53. The predicted molar refractivity (Wildman–Crippen MR) is 71.3 cm³/mol. The number of thiazole rings is 1. The van der Waals surface area contributed by atoms with Crippen LogP contribution in [0, 0.1) is 0 Å². The van der Waals surface area contributed by atoms with Gasteiger partial charge in [0.2, 0.25) is 0 Å². The third-order valence-electron chi connectivity index (χ3n) is 3.96. The molecule has 1 saturated heterocycles. The normalized spacial score (nSPS) is 31.4. The second-order valence-electron chi connectivity index (χ2n) is 5.49. The van der Waals surface area contributed by atoms with E-state index < -0.39 is 0 Å². The monoisotopic (exact) mass is 251 g/mol. The van der Waals surface area contributed by atoms with Crippen LogP contribution < -0.4 is 5.32 Å². The highest BCUT2D eigenvalue weighted by atomic mass is 32.1. The van der Waals surface area contributed by atoms with Gasteiger partial charge >= 0.3 is 0 Å². The van der Waals surface area contributed by atoms with Gasteiger partial charge in [-0.3, -0.25) is 0 Å². The van der Waals surface area contributed by atoms with Crippen LogP contribution in [0.3, 0.4) is 0 Å². The minimum Gasteiger partial charge on any atom is -0.306 e. The fraction of sp³-hybridized carbons (Fsp3) is 0.769. The summed E-state index contributed by atoms with van der Waals surface area (Å²) in [6.07, 6.45) is 8.36. The molecular formula is C13H21N3S. The topological polar surface area (TPSA) is 28.2 Å². The summed E-state index contributed by atoms with van der Waals surface area (Å²) in [4.78, 5) is 7.05. The molecule has 1 aromatic heterocycles. The summed E-state index contributed by atoms with van der Waals surface area (Å²) in [5.41, 5.74) is 0.167. The van der Waals surface area contributed by atoms with Crippen LogP contribution in [0.5, 0.6) is 0 Å². The molecule has 0 bridgehead atoms. The largest absolute Gasteiger partial charge is 0.306 e. The van der Waals surface area contributed by atoms with Crippen LogP contribution in [-0.4, -0.2) is 36.1 Å². The minimum atomic E-state index is 0.167. The Kier molecular flexibility index (Phi) is 3.19. The fourth-order valence-electron chi connectivity index (χ4n) is 2.77. The molecular weight excluding hydrogens is 230 g/mol.